The first kappa shape index (κ1) is 30.5. The van der Waals surface area contributed by atoms with Crippen molar-refractivity contribution in [3.8, 4) is 0 Å². The maximum absolute atomic E-state index is 13.4. The van der Waals surface area contributed by atoms with Gasteiger partial charge in [-0.2, -0.15) is 0 Å². The Balaban J connectivity index is 1.03. The van der Waals surface area contributed by atoms with E-state index >= 15 is 0 Å². The topological polar surface area (TPSA) is 183 Å². The highest BCUT2D eigenvalue weighted by molar-refractivity contribution is 8.03. The maximum atomic E-state index is 13.4. The predicted octanol–water partition coefficient (Wildman–Crippen LogP) is -0.725. The second-order valence-corrected chi connectivity index (χ2v) is 13.8. The zero-order chi connectivity index (χ0) is 31.1. The van der Waals surface area contributed by atoms with Crippen molar-refractivity contribution in [3.63, 3.8) is 0 Å². The van der Waals surface area contributed by atoms with E-state index in [0.717, 1.165) is 25.9 Å². The lowest BCUT2D eigenvalue weighted by atomic mass is 9.78. The van der Waals surface area contributed by atoms with Crippen LogP contribution < -0.4 is 10.6 Å². The SMILES string of the molecule is C[C@H]1C(S[C@@H]2CN[C@H](C(=O)N3CCC(C(=O)N4CCCC4)CC3)C2)=C(C(=O)O)N2C(=O)[C@H]([C@@H](C)NC(=O)Cn3cnnn3)C12. The fraction of sp³-hybridized carbons (Fsp3) is 0.714. The van der Waals surface area contributed by atoms with Gasteiger partial charge in [0.2, 0.25) is 23.6 Å². The van der Waals surface area contributed by atoms with E-state index in [1.165, 1.54) is 27.7 Å². The van der Waals surface area contributed by atoms with E-state index in [4.69, 9.17) is 0 Å². The summed E-state index contributed by atoms with van der Waals surface area (Å²) in [6.07, 6.45) is 5.36. The van der Waals surface area contributed by atoms with Gasteiger partial charge in [-0.3, -0.25) is 19.2 Å². The summed E-state index contributed by atoms with van der Waals surface area (Å²) in [5, 5.41) is 26.9. The Kier molecular flexibility index (Phi) is 8.64. The Bertz CT molecular complexity index is 1340. The molecule has 5 aliphatic rings. The molecule has 4 fully saturated rings. The molecule has 6 rings (SSSR count). The van der Waals surface area contributed by atoms with E-state index in [9.17, 15) is 29.1 Å². The molecule has 5 aliphatic heterocycles. The number of amides is 4. The molecule has 0 radical (unpaired) electrons. The highest BCUT2D eigenvalue weighted by Crippen LogP contribution is 2.52. The third-order valence-corrected chi connectivity index (χ3v) is 11.2. The number of carboxylic acid groups (broad SMARTS) is 1. The fourth-order valence-electron chi connectivity index (χ4n) is 7.41. The molecule has 0 bridgehead atoms. The van der Waals surface area contributed by atoms with Crippen LogP contribution in [0.5, 0.6) is 0 Å². The fourth-order valence-corrected chi connectivity index (χ4v) is 8.89. The van der Waals surface area contributed by atoms with Crippen molar-refractivity contribution >= 4 is 41.4 Å². The molecule has 0 spiro atoms. The molecule has 15 nitrogen and oxygen atoms in total. The number of aliphatic carboxylic acids is 1. The minimum Gasteiger partial charge on any atom is -0.477 e. The lowest BCUT2D eigenvalue weighted by Gasteiger charge is -2.47. The molecule has 6 heterocycles. The van der Waals surface area contributed by atoms with Crippen LogP contribution in [-0.4, -0.2) is 126 Å². The van der Waals surface area contributed by atoms with Crippen LogP contribution in [0.25, 0.3) is 0 Å². The number of aromatic nitrogens is 4. The number of hydrogen-bond acceptors (Lipinski definition) is 10. The van der Waals surface area contributed by atoms with Crippen molar-refractivity contribution in [3.05, 3.63) is 16.9 Å². The van der Waals surface area contributed by atoms with Crippen molar-refractivity contribution in [2.75, 3.05) is 32.7 Å². The van der Waals surface area contributed by atoms with E-state index in [0.29, 0.717) is 43.8 Å². The third-order valence-electron chi connectivity index (χ3n) is 9.67. The van der Waals surface area contributed by atoms with Crippen LogP contribution in [0.2, 0.25) is 0 Å². The Morgan fingerprint density at radius 1 is 1.11 bits per heavy atom. The molecular formula is C28H39N9O6S. The molecule has 44 heavy (non-hydrogen) atoms. The van der Waals surface area contributed by atoms with Gasteiger partial charge in [0.1, 0.15) is 18.6 Å². The smallest absolute Gasteiger partial charge is 0.353 e. The molecule has 6 atom stereocenters. The second-order valence-electron chi connectivity index (χ2n) is 12.5. The molecule has 3 N–H and O–H groups in total. The van der Waals surface area contributed by atoms with E-state index in [2.05, 4.69) is 26.2 Å². The first-order valence-corrected chi connectivity index (χ1v) is 16.3. The number of likely N-dealkylation sites (tertiary alicyclic amines) is 2. The minimum absolute atomic E-state index is 0.000449. The van der Waals surface area contributed by atoms with Crippen LogP contribution >= 0.6 is 11.8 Å². The number of nitrogens with one attached hydrogen (secondary N) is 2. The monoisotopic (exact) mass is 629 g/mol. The lowest BCUT2D eigenvalue weighted by molar-refractivity contribution is -0.158. The van der Waals surface area contributed by atoms with Gasteiger partial charge in [-0.15, -0.1) is 16.9 Å². The van der Waals surface area contributed by atoms with Gasteiger partial charge < -0.3 is 30.4 Å². The summed E-state index contributed by atoms with van der Waals surface area (Å²) in [7, 11) is 0. The van der Waals surface area contributed by atoms with Crippen LogP contribution in [0.15, 0.2) is 16.9 Å². The number of carbonyl (C=O) groups is 5. The van der Waals surface area contributed by atoms with Gasteiger partial charge in [0.25, 0.3) is 0 Å². The summed E-state index contributed by atoms with van der Waals surface area (Å²) >= 11 is 1.43. The highest BCUT2D eigenvalue weighted by Gasteiger charge is 2.60. The molecule has 0 aromatic carbocycles. The molecule has 0 saturated carbocycles. The van der Waals surface area contributed by atoms with Crippen molar-refractivity contribution < 1.29 is 29.1 Å². The Labute approximate surface area is 259 Å². The van der Waals surface area contributed by atoms with Crippen LogP contribution in [0, 0.1) is 17.8 Å². The number of fused-ring (bicyclic) bond motifs is 1. The van der Waals surface area contributed by atoms with Gasteiger partial charge in [-0.25, -0.2) is 9.48 Å². The van der Waals surface area contributed by atoms with Gasteiger partial charge in [0.05, 0.1) is 18.0 Å². The summed E-state index contributed by atoms with van der Waals surface area (Å²) in [4.78, 5) is 70.1. The summed E-state index contributed by atoms with van der Waals surface area (Å²) in [6.45, 7) is 6.93. The number of carbonyl (C=O) groups excluding carboxylic acids is 4. The molecule has 4 saturated heterocycles. The molecule has 1 aromatic heterocycles. The Morgan fingerprint density at radius 3 is 2.48 bits per heavy atom. The number of β-lactam (4-membered cyclic amide) rings is 1. The molecule has 1 aromatic rings. The number of hydrogen-bond donors (Lipinski definition) is 3. The predicted molar refractivity (Wildman–Crippen MR) is 156 cm³/mol. The molecule has 238 valence electrons. The van der Waals surface area contributed by atoms with E-state index < -0.39 is 17.9 Å². The number of tetrazole rings is 1. The largest absolute Gasteiger partial charge is 0.477 e. The zero-order valence-electron chi connectivity index (χ0n) is 24.9. The quantitative estimate of drug-likeness (QED) is 0.293. The van der Waals surface area contributed by atoms with Crippen LogP contribution in [-0.2, 0) is 30.5 Å². The first-order valence-electron chi connectivity index (χ1n) is 15.4. The Morgan fingerprint density at radius 2 is 1.82 bits per heavy atom. The zero-order valence-corrected chi connectivity index (χ0v) is 25.7. The van der Waals surface area contributed by atoms with E-state index in [1.807, 2.05) is 16.7 Å². The number of carboxylic acids is 1. The molecular weight excluding hydrogens is 590 g/mol. The van der Waals surface area contributed by atoms with Gasteiger partial charge in [0.15, 0.2) is 0 Å². The number of nitrogens with zero attached hydrogens (tertiary/aromatic N) is 7. The summed E-state index contributed by atoms with van der Waals surface area (Å²) in [5.74, 6) is -2.40. The van der Waals surface area contributed by atoms with Crippen LogP contribution in [0.4, 0.5) is 0 Å². The summed E-state index contributed by atoms with van der Waals surface area (Å²) in [6, 6.07) is -1.26. The molecule has 4 amide bonds. The van der Waals surface area contributed by atoms with Gasteiger partial charge in [-0.1, -0.05) is 6.92 Å². The van der Waals surface area contributed by atoms with Crippen LogP contribution in [0.1, 0.15) is 46.0 Å². The average Bonchev–Trinajstić information content (AvgIpc) is 3.81. The second kappa shape index (κ2) is 12.5. The Hall–Kier alpha value is -3.53. The van der Waals surface area contributed by atoms with Gasteiger partial charge in [-0.05, 0) is 49.5 Å². The first-order chi connectivity index (χ1) is 21.1. The number of rotatable bonds is 9. The standard InChI is InChI=1S/C28H39N9O6S/c1-15-22-21(16(2)31-20(38)13-36-14-30-32-33-36)27(41)37(22)23(28(42)43)24(15)44-18-11-19(29-12-18)26(40)35-9-5-17(6-10-35)25(39)34-7-3-4-8-34/h14-19,21-22,29H,3-13H2,1-2H3,(H,31,38)(H,42,43)/t15-,16-,18+,19+,21-,22?/m1/s1. The minimum atomic E-state index is -1.16. The number of thioether (sulfide) groups is 1. The summed E-state index contributed by atoms with van der Waals surface area (Å²) in [5.41, 5.74) is 0.000449. The normalized spacial score (nSPS) is 29.5. The highest BCUT2D eigenvalue weighted by atomic mass is 32.2. The lowest BCUT2D eigenvalue weighted by Crippen LogP contribution is -2.66. The van der Waals surface area contributed by atoms with E-state index in [1.54, 1.807) is 6.92 Å². The van der Waals surface area contributed by atoms with Crippen molar-refractivity contribution in [2.24, 2.45) is 17.8 Å². The molecule has 16 heteroatoms. The van der Waals surface area contributed by atoms with E-state index in [-0.39, 0.29) is 65.0 Å². The van der Waals surface area contributed by atoms with Crippen LogP contribution in [0.3, 0.4) is 0 Å². The number of piperidine rings is 1. The average molecular weight is 630 g/mol. The van der Waals surface area contributed by atoms with Crippen molar-refractivity contribution in [1.29, 1.82) is 0 Å². The third kappa shape index (κ3) is 5.69. The molecule has 1 unspecified atom stereocenters. The summed E-state index contributed by atoms with van der Waals surface area (Å²) < 4.78 is 1.28. The van der Waals surface area contributed by atoms with Crippen molar-refractivity contribution in [1.82, 2.24) is 45.5 Å². The van der Waals surface area contributed by atoms with Gasteiger partial charge >= 0.3 is 5.97 Å². The maximum Gasteiger partial charge on any atom is 0.353 e. The molecule has 0 aliphatic carbocycles. The van der Waals surface area contributed by atoms with Crippen molar-refractivity contribution in [2.45, 2.75) is 75.9 Å². The van der Waals surface area contributed by atoms with Gasteiger partial charge in [0, 0.05) is 60.8 Å².